The highest BCUT2D eigenvalue weighted by Gasteiger charge is 2.34. The van der Waals surface area contributed by atoms with E-state index in [4.69, 9.17) is 10.5 Å². The highest BCUT2D eigenvalue weighted by Crippen LogP contribution is 2.32. The summed E-state index contributed by atoms with van der Waals surface area (Å²) in [4.78, 5) is 2.19. The SMILES string of the molecule is Cc1nn(C)c(OCC(F)(F)F)c1CN1CCC(C)(CN)C1.Cl. The standard InChI is InChI=1S/C14H23F3N4O.ClH/c1-10-11(6-21-5-4-13(2,7-18)8-21)12(20(3)19-10)22-9-14(15,16)17;/h4-9,18H2,1-3H3;1H. The Morgan fingerprint density at radius 2 is 2.04 bits per heavy atom. The van der Waals surface area contributed by atoms with Crippen LogP contribution >= 0.6 is 12.4 Å². The Morgan fingerprint density at radius 3 is 2.57 bits per heavy atom. The molecule has 0 spiro atoms. The van der Waals surface area contributed by atoms with Crippen LogP contribution in [0.15, 0.2) is 0 Å². The summed E-state index contributed by atoms with van der Waals surface area (Å²) >= 11 is 0. The Morgan fingerprint density at radius 1 is 1.39 bits per heavy atom. The normalized spacial score (nSPS) is 22.2. The number of rotatable bonds is 5. The van der Waals surface area contributed by atoms with E-state index in [1.165, 1.54) is 4.68 Å². The molecule has 1 atom stereocenters. The van der Waals surface area contributed by atoms with Crippen molar-refractivity contribution in [2.45, 2.75) is 33.0 Å². The van der Waals surface area contributed by atoms with E-state index in [1.54, 1.807) is 14.0 Å². The molecule has 0 aromatic carbocycles. The van der Waals surface area contributed by atoms with Crippen LogP contribution in [0.25, 0.3) is 0 Å². The number of likely N-dealkylation sites (tertiary alicyclic amines) is 1. The van der Waals surface area contributed by atoms with Gasteiger partial charge in [-0.05, 0) is 31.8 Å². The van der Waals surface area contributed by atoms with E-state index in [2.05, 4.69) is 16.9 Å². The van der Waals surface area contributed by atoms with Gasteiger partial charge in [-0.3, -0.25) is 4.90 Å². The van der Waals surface area contributed by atoms with Gasteiger partial charge < -0.3 is 10.5 Å². The number of nitrogens with zero attached hydrogens (tertiary/aromatic N) is 3. The van der Waals surface area contributed by atoms with Crippen LogP contribution in [-0.4, -0.2) is 47.1 Å². The smallest absolute Gasteiger partial charge is 0.422 e. The Labute approximate surface area is 140 Å². The number of halogens is 4. The van der Waals surface area contributed by atoms with E-state index < -0.39 is 12.8 Å². The number of alkyl halides is 3. The predicted octanol–water partition coefficient (Wildman–Crippen LogP) is 2.26. The van der Waals surface area contributed by atoms with Crippen molar-refractivity contribution in [3.63, 3.8) is 0 Å². The molecule has 134 valence electrons. The molecule has 1 aliphatic heterocycles. The second kappa shape index (κ2) is 7.27. The number of aromatic nitrogens is 2. The monoisotopic (exact) mass is 356 g/mol. The molecule has 0 bridgehead atoms. The highest BCUT2D eigenvalue weighted by atomic mass is 35.5. The van der Waals surface area contributed by atoms with Gasteiger partial charge in [0.25, 0.3) is 0 Å². The lowest BCUT2D eigenvalue weighted by molar-refractivity contribution is -0.154. The summed E-state index contributed by atoms with van der Waals surface area (Å²) in [6, 6.07) is 0. The first kappa shape index (κ1) is 20.1. The molecule has 2 N–H and O–H groups in total. The maximum Gasteiger partial charge on any atom is 0.422 e. The molecule has 23 heavy (non-hydrogen) atoms. The van der Waals surface area contributed by atoms with Gasteiger partial charge in [-0.25, -0.2) is 4.68 Å². The third-order valence-electron chi connectivity index (χ3n) is 4.17. The maximum atomic E-state index is 12.4. The summed E-state index contributed by atoms with van der Waals surface area (Å²) in [6.45, 7) is 5.45. The summed E-state index contributed by atoms with van der Waals surface area (Å²) in [7, 11) is 1.59. The van der Waals surface area contributed by atoms with Crippen LogP contribution < -0.4 is 10.5 Å². The van der Waals surface area contributed by atoms with Gasteiger partial charge >= 0.3 is 6.18 Å². The number of aryl methyl sites for hydroxylation is 2. The summed E-state index contributed by atoms with van der Waals surface area (Å²) in [6.07, 6.45) is -3.37. The minimum absolute atomic E-state index is 0. The second-order valence-electron chi connectivity index (χ2n) is 6.37. The van der Waals surface area contributed by atoms with Crippen LogP contribution in [0.4, 0.5) is 13.2 Å². The van der Waals surface area contributed by atoms with Crippen LogP contribution in [0.3, 0.4) is 0 Å². The molecule has 0 radical (unpaired) electrons. The van der Waals surface area contributed by atoms with E-state index in [9.17, 15) is 13.2 Å². The molecule has 1 saturated heterocycles. The number of hydrogen-bond donors (Lipinski definition) is 1. The molecule has 9 heteroatoms. The van der Waals surface area contributed by atoms with Gasteiger partial charge in [0.2, 0.25) is 5.88 Å². The van der Waals surface area contributed by atoms with Crippen molar-refractivity contribution in [3.8, 4) is 5.88 Å². The van der Waals surface area contributed by atoms with Crippen molar-refractivity contribution >= 4 is 12.4 Å². The molecule has 2 heterocycles. The molecular formula is C14H24ClF3N4O. The zero-order chi connectivity index (χ0) is 16.5. The Kier molecular flexibility index (Phi) is 6.34. The second-order valence-corrected chi connectivity index (χ2v) is 6.37. The van der Waals surface area contributed by atoms with Crippen molar-refractivity contribution in [3.05, 3.63) is 11.3 Å². The van der Waals surface area contributed by atoms with Crippen molar-refractivity contribution < 1.29 is 17.9 Å². The third-order valence-corrected chi connectivity index (χ3v) is 4.17. The maximum absolute atomic E-state index is 12.4. The fraction of sp³-hybridized carbons (Fsp3) is 0.786. The lowest BCUT2D eigenvalue weighted by atomic mass is 9.90. The summed E-state index contributed by atoms with van der Waals surface area (Å²) in [5.74, 6) is 0.191. The minimum atomic E-state index is -4.36. The van der Waals surface area contributed by atoms with Crippen molar-refractivity contribution in [2.75, 3.05) is 26.2 Å². The molecule has 1 aromatic heterocycles. The Balaban J connectivity index is 0.00000264. The van der Waals surface area contributed by atoms with E-state index >= 15 is 0 Å². The van der Waals surface area contributed by atoms with Crippen LogP contribution in [-0.2, 0) is 13.6 Å². The van der Waals surface area contributed by atoms with Crippen LogP contribution in [0.2, 0.25) is 0 Å². The Hall–Kier alpha value is -0.990. The zero-order valence-electron chi connectivity index (χ0n) is 13.6. The first-order chi connectivity index (χ1) is 10.1. The van der Waals surface area contributed by atoms with Crippen molar-refractivity contribution in [1.29, 1.82) is 0 Å². The summed E-state index contributed by atoms with van der Waals surface area (Å²) in [5, 5.41) is 4.18. The van der Waals surface area contributed by atoms with E-state index in [1.807, 2.05) is 0 Å². The van der Waals surface area contributed by atoms with E-state index in [-0.39, 0.29) is 23.7 Å². The molecule has 1 unspecified atom stereocenters. The molecule has 2 rings (SSSR count). The molecule has 0 saturated carbocycles. The van der Waals surface area contributed by atoms with Crippen LogP contribution in [0, 0.1) is 12.3 Å². The van der Waals surface area contributed by atoms with Gasteiger partial charge in [0.15, 0.2) is 6.61 Å². The molecule has 1 aliphatic rings. The molecule has 0 amide bonds. The molecular weight excluding hydrogens is 333 g/mol. The summed E-state index contributed by atoms with van der Waals surface area (Å²) < 4.78 is 43.5. The zero-order valence-corrected chi connectivity index (χ0v) is 14.4. The van der Waals surface area contributed by atoms with Gasteiger partial charge in [-0.1, -0.05) is 6.92 Å². The van der Waals surface area contributed by atoms with E-state index in [0.29, 0.717) is 24.3 Å². The molecule has 5 nitrogen and oxygen atoms in total. The lowest BCUT2D eigenvalue weighted by Gasteiger charge is -2.22. The molecule has 1 fully saturated rings. The number of ether oxygens (including phenoxy) is 1. The third kappa shape index (κ3) is 4.99. The predicted molar refractivity (Wildman–Crippen MR) is 83.8 cm³/mol. The molecule has 1 aromatic rings. The number of nitrogens with two attached hydrogens (primary N) is 1. The van der Waals surface area contributed by atoms with Gasteiger partial charge in [0.05, 0.1) is 11.3 Å². The first-order valence-electron chi connectivity index (χ1n) is 7.28. The highest BCUT2D eigenvalue weighted by molar-refractivity contribution is 5.85. The summed E-state index contributed by atoms with van der Waals surface area (Å²) in [5.41, 5.74) is 7.27. The quantitative estimate of drug-likeness (QED) is 0.879. The fourth-order valence-corrected chi connectivity index (χ4v) is 2.84. The first-order valence-corrected chi connectivity index (χ1v) is 7.28. The molecule has 0 aliphatic carbocycles. The topological polar surface area (TPSA) is 56.3 Å². The van der Waals surface area contributed by atoms with Crippen LogP contribution in [0.1, 0.15) is 24.6 Å². The minimum Gasteiger partial charge on any atom is -0.468 e. The fourth-order valence-electron chi connectivity index (χ4n) is 2.84. The van der Waals surface area contributed by atoms with Crippen molar-refractivity contribution in [1.82, 2.24) is 14.7 Å². The van der Waals surface area contributed by atoms with Gasteiger partial charge in [0, 0.05) is 20.1 Å². The van der Waals surface area contributed by atoms with Gasteiger partial charge in [-0.2, -0.15) is 18.3 Å². The van der Waals surface area contributed by atoms with Gasteiger partial charge in [-0.15, -0.1) is 12.4 Å². The van der Waals surface area contributed by atoms with E-state index in [0.717, 1.165) is 19.5 Å². The largest absolute Gasteiger partial charge is 0.468 e. The van der Waals surface area contributed by atoms with Crippen LogP contribution in [0.5, 0.6) is 5.88 Å². The average Bonchev–Trinajstić information content (AvgIpc) is 2.90. The average molecular weight is 357 g/mol. The lowest BCUT2D eigenvalue weighted by Crippen LogP contribution is -2.31. The Bertz CT molecular complexity index is 535. The van der Waals surface area contributed by atoms with Crippen molar-refractivity contribution in [2.24, 2.45) is 18.2 Å². The van der Waals surface area contributed by atoms with Gasteiger partial charge in [0.1, 0.15) is 0 Å². The number of hydrogen-bond acceptors (Lipinski definition) is 4.